The van der Waals surface area contributed by atoms with E-state index in [1.165, 1.54) is 22.5 Å². The Morgan fingerprint density at radius 2 is 2.33 bits per heavy atom. The quantitative estimate of drug-likeness (QED) is 0.915. The molecule has 0 saturated carbocycles. The molecule has 102 valence electrons. The number of nitrogens with zero attached hydrogens (tertiary/aromatic N) is 2. The van der Waals surface area contributed by atoms with Crippen molar-refractivity contribution in [3.05, 3.63) is 63.8 Å². The van der Waals surface area contributed by atoms with Crippen LogP contribution in [0.15, 0.2) is 48.3 Å². The highest BCUT2D eigenvalue weighted by Crippen LogP contribution is 2.24. The number of anilines is 1. The maximum atomic E-state index is 12.1. The van der Waals surface area contributed by atoms with Gasteiger partial charge in [-0.05, 0) is 35.8 Å². The lowest BCUT2D eigenvalue weighted by molar-refractivity contribution is 0.102. The van der Waals surface area contributed by atoms with Gasteiger partial charge in [-0.3, -0.25) is 15.1 Å². The number of carbonyl (C=O) groups excluding carboxylic acids is 1. The van der Waals surface area contributed by atoms with Crippen LogP contribution < -0.4 is 15.2 Å². The summed E-state index contributed by atoms with van der Waals surface area (Å²) in [5, 5.41) is 4.47. The van der Waals surface area contributed by atoms with Crippen LogP contribution in [0.4, 0.5) is 5.13 Å². The maximum absolute atomic E-state index is 12.1. The van der Waals surface area contributed by atoms with E-state index >= 15 is 0 Å². The van der Waals surface area contributed by atoms with E-state index in [0.29, 0.717) is 10.7 Å². The Labute approximate surface area is 124 Å². The Bertz CT molecular complexity index is 907. The summed E-state index contributed by atoms with van der Waals surface area (Å²) in [5.41, 5.74) is 3.01. The Balaban J connectivity index is 1.66. The fraction of sp³-hybridized carbons (Fsp3) is 0.0625. The number of allylic oxidation sites excluding steroid dienone is 4. The number of rotatable bonds is 2. The molecular formula is C16H11N3OS. The van der Waals surface area contributed by atoms with E-state index in [1.54, 1.807) is 24.5 Å². The Kier molecular flexibility index (Phi) is 2.79. The van der Waals surface area contributed by atoms with E-state index in [1.807, 2.05) is 0 Å². The van der Waals surface area contributed by atoms with Crippen LogP contribution in [-0.2, 0) is 0 Å². The molecule has 0 atom stereocenters. The average Bonchev–Trinajstić information content (AvgIpc) is 3.05. The number of carbonyl (C=O) groups is 1. The zero-order chi connectivity index (χ0) is 14.2. The predicted octanol–water partition coefficient (Wildman–Crippen LogP) is 1.62. The summed E-state index contributed by atoms with van der Waals surface area (Å²) in [6, 6.07) is 3.48. The molecular weight excluding hydrogens is 282 g/mol. The van der Waals surface area contributed by atoms with Crippen molar-refractivity contribution in [2.24, 2.45) is 0 Å². The maximum Gasteiger partial charge on any atom is 0.259 e. The van der Waals surface area contributed by atoms with Gasteiger partial charge in [0, 0.05) is 12.4 Å². The van der Waals surface area contributed by atoms with Gasteiger partial charge < -0.3 is 0 Å². The minimum absolute atomic E-state index is 0.181. The largest absolute Gasteiger partial charge is 0.298 e. The number of amides is 1. The lowest BCUT2D eigenvalue weighted by Crippen LogP contribution is -2.20. The highest BCUT2D eigenvalue weighted by molar-refractivity contribution is 7.13. The Morgan fingerprint density at radius 3 is 3.19 bits per heavy atom. The fourth-order valence-corrected chi connectivity index (χ4v) is 3.39. The van der Waals surface area contributed by atoms with E-state index in [-0.39, 0.29) is 5.91 Å². The molecule has 4 nitrogen and oxygen atoms in total. The summed E-state index contributed by atoms with van der Waals surface area (Å²) in [6.07, 6.45) is 12.5. The van der Waals surface area contributed by atoms with Gasteiger partial charge in [0.05, 0.1) is 15.4 Å². The Hall–Kier alpha value is -2.53. The van der Waals surface area contributed by atoms with Gasteiger partial charge in [0.15, 0.2) is 5.13 Å². The summed E-state index contributed by atoms with van der Waals surface area (Å²) >= 11 is 1.50. The van der Waals surface area contributed by atoms with Crippen LogP contribution in [0.3, 0.4) is 0 Å². The first-order chi connectivity index (χ1) is 10.3. The van der Waals surface area contributed by atoms with Crippen molar-refractivity contribution in [1.29, 1.82) is 0 Å². The Morgan fingerprint density at radius 1 is 1.38 bits per heavy atom. The molecule has 2 aliphatic rings. The summed E-state index contributed by atoms with van der Waals surface area (Å²) in [4.78, 5) is 20.6. The van der Waals surface area contributed by atoms with E-state index < -0.39 is 0 Å². The molecule has 0 aliphatic heterocycles. The van der Waals surface area contributed by atoms with Crippen molar-refractivity contribution < 1.29 is 4.79 Å². The summed E-state index contributed by atoms with van der Waals surface area (Å²) in [6.45, 7) is 0. The normalized spacial score (nSPS) is 15.0. The van der Waals surface area contributed by atoms with Crippen molar-refractivity contribution in [2.45, 2.75) is 6.42 Å². The molecule has 0 saturated heterocycles. The molecule has 2 aliphatic carbocycles. The van der Waals surface area contributed by atoms with Crippen molar-refractivity contribution in [3.8, 4) is 0 Å². The molecule has 1 amide bonds. The van der Waals surface area contributed by atoms with Gasteiger partial charge in [0.2, 0.25) is 0 Å². The zero-order valence-corrected chi connectivity index (χ0v) is 11.9. The van der Waals surface area contributed by atoms with Crippen molar-refractivity contribution in [1.82, 2.24) is 9.97 Å². The standard InChI is InChI=1S/C16H11N3OS/c20-15(11-5-3-7-17-9-11)19-16-18-14-12-6-2-1-4-10(12)8-13(14)21-16/h1-5,7-9H,6H2,(H,18,19,20). The molecule has 0 fully saturated rings. The first-order valence-corrected chi connectivity index (χ1v) is 7.43. The van der Waals surface area contributed by atoms with Crippen LogP contribution >= 0.6 is 11.3 Å². The van der Waals surface area contributed by atoms with Crippen LogP contribution in [0.1, 0.15) is 16.8 Å². The van der Waals surface area contributed by atoms with Crippen molar-refractivity contribution in [2.75, 3.05) is 5.32 Å². The van der Waals surface area contributed by atoms with Gasteiger partial charge in [-0.1, -0.05) is 29.6 Å². The number of fused-ring (bicyclic) bond motifs is 2. The molecule has 0 aromatic carbocycles. The van der Waals surface area contributed by atoms with Crippen LogP contribution in [0.2, 0.25) is 0 Å². The number of hydrogen-bond donors (Lipinski definition) is 1. The van der Waals surface area contributed by atoms with Gasteiger partial charge in [0.25, 0.3) is 5.91 Å². The minimum Gasteiger partial charge on any atom is -0.298 e. The monoisotopic (exact) mass is 293 g/mol. The molecule has 2 aromatic rings. The number of aromatic nitrogens is 2. The minimum atomic E-state index is -0.181. The lowest BCUT2D eigenvalue weighted by atomic mass is 10.0. The van der Waals surface area contributed by atoms with Gasteiger partial charge in [-0.25, -0.2) is 4.98 Å². The molecule has 5 heteroatoms. The number of nitrogens with one attached hydrogen (secondary N) is 1. The highest BCUT2D eigenvalue weighted by atomic mass is 32.1. The first kappa shape index (κ1) is 12.2. The second-order valence-electron chi connectivity index (χ2n) is 4.80. The molecule has 0 bridgehead atoms. The molecule has 1 N–H and O–H groups in total. The third kappa shape index (κ3) is 2.11. The van der Waals surface area contributed by atoms with Gasteiger partial charge in [-0.2, -0.15) is 0 Å². The molecule has 2 aromatic heterocycles. The van der Waals surface area contributed by atoms with Crippen molar-refractivity contribution in [3.63, 3.8) is 0 Å². The lowest BCUT2D eigenvalue weighted by Gasteiger charge is -2.04. The summed E-state index contributed by atoms with van der Waals surface area (Å²) in [5.74, 6) is -0.181. The number of hydrogen-bond acceptors (Lipinski definition) is 4. The van der Waals surface area contributed by atoms with Crippen LogP contribution in [0.25, 0.3) is 11.6 Å². The van der Waals surface area contributed by atoms with Crippen molar-refractivity contribution >= 4 is 34.0 Å². The second kappa shape index (κ2) is 4.79. The molecule has 21 heavy (non-hydrogen) atoms. The topological polar surface area (TPSA) is 54.9 Å². The SMILES string of the molecule is O=C(Nc1nc2c(s1)=CC1=CC=CCC=21)c1cccnc1. The smallest absolute Gasteiger partial charge is 0.259 e. The average molecular weight is 293 g/mol. The number of thiazole rings is 1. The van der Waals surface area contributed by atoms with Gasteiger partial charge in [0.1, 0.15) is 0 Å². The first-order valence-electron chi connectivity index (χ1n) is 6.61. The predicted molar refractivity (Wildman–Crippen MR) is 83.3 cm³/mol. The van der Waals surface area contributed by atoms with E-state index in [0.717, 1.165) is 16.3 Å². The molecule has 4 rings (SSSR count). The van der Waals surface area contributed by atoms with Crippen LogP contribution in [-0.4, -0.2) is 15.9 Å². The highest BCUT2D eigenvalue weighted by Gasteiger charge is 2.16. The molecule has 0 unspecified atom stereocenters. The van der Waals surface area contributed by atoms with E-state index in [2.05, 4.69) is 39.6 Å². The van der Waals surface area contributed by atoms with Crippen LogP contribution in [0.5, 0.6) is 0 Å². The number of pyridine rings is 1. The summed E-state index contributed by atoms with van der Waals surface area (Å²) < 4.78 is 1.11. The van der Waals surface area contributed by atoms with E-state index in [9.17, 15) is 4.79 Å². The summed E-state index contributed by atoms with van der Waals surface area (Å²) in [7, 11) is 0. The molecule has 0 spiro atoms. The zero-order valence-electron chi connectivity index (χ0n) is 11.0. The second-order valence-corrected chi connectivity index (χ2v) is 5.84. The fourth-order valence-electron chi connectivity index (χ4n) is 2.45. The molecule has 2 heterocycles. The van der Waals surface area contributed by atoms with Crippen LogP contribution in [0, 0.1) is 0 Å². The van der Waals surface area contributed by atoms with Gasteiger partial charge >= 0.3 is 0 Å². The third-order valence-corrected chi connectivity index (χ3v) is 4.37. The van der Waals surface area contributed by atoms with E-state index in [4.69, 9.17) is 0 Å². The third-order valence-electron chi connectivity index (χ3n) is 3.45. The van der Waals surface area contributed by atoms with Gasteiger partial charge in [-0.15, -0.1) is 0 Å². The molecule has 0 radical (unpaired) electrons.